The first-order valence-corrected chi connectivity index (χ1v) is 11.9. The van der Waals surface area contributed by atoms with Gasteiger partial charge in [-0.25, -0.2) is 13.2 Å². The molecule has 2 atom stereocenters. The first-order valence-electron chi connectivity index (χ1n) is 10.0. The third kappa shape index (κ3) is 5.95. The molecule has 8 heteroatoms. The SMILES string of the molecule is C[C@H](Cc1ccc(S(=O)(=O)c2ccc(C(=O)O)cc2)cc1)NC[C@@H](O)c1ccc(Cl)cc1. The molecule has 0 radical (unpaired) electrons. The van der Waals surface area contributed by atoms with Gasteiger partial charge in [-0.1, -0.05) is 35.9 Å². The van der Waals surface area contributed by atoms with E-state index in [9.17, 15) is 18.3 Å². The van der Waals surface area contributed by atoms with Crippen LogP contribution < -0.4 is 5.32 Å². The van der Waals surface area contributed by atoms with Crippen molar-refractivity contribution in [1.29, 1.82) is 0 Å². The highest BCUT2D eigenvalue weighted by Crippen LogP contribution is 2.22. The molecule has 3 aromatic rings. The summed E-state index contributed by atoms with van der Waals surface area (Å²) in [4.78, 5) is 11.1. The van der Waals surface area contributed by atoms with Gasteiger partial charge < -0.3 is 15.5 Å². The highest BCUT2D eigenvalue weighted by molar-refractivity contribution is 7.91. The lowest BCUT2D eigenvalue weighted by molar-refractivity contribution is 0.0696. The third-order valence-electron chi connectivity index (χ3n) is 5.10. The molecule has 32 heavy (non-hydrogen) atoms. The molecule has 0 aliphatic heterocycles. The molecule has 0 saturated heterocycles. The van der Waals surface area contributed by atoms with E-state index in [1.165, 1.54) is 24.3 Å². The smallest absolute Gasteiger partial charge is 0.335 e. The monoisotopic (exact) mass is 473 g/mol. The summed E-state index contributed by atoms with van der Waals surface area (Å²) in [6.45, 7) is 2.37. The number of aromatic carboxylic acids is 1. The number of carbonyl (C=O) groups is 1. The number of benzene rings is 3. The molecule has 6 nitrogen and oxygen atoms in total. The van der Waals surface area contributed by atoms with Crippen molar-refractivity contribution >= 4 is 27.4 Å². The van der Waals surface area contributed by atoms with E-state index in [1.54, 1.807) is 48.5 Å². The summed E-state index contributed by atoms with van der Waals surface area (Å²) >= 11 is 5.87. The van der Waals surface area contributed by atoms with Crippen molar-refractivity contribution in [2.75, 3.05) is 6.54 Å². The zero-order valence-corrected chi connectivity index (χ0v) is 19.0. The Morgan fingerprint density at radius 2 is 1.47 bits per heavy atom. The molecule has 3 N–H and O–H groups in total. The first kappa shape index (κ1) is 23.9. The molecule has 0 fully saturated rings. The van der Waals surface area contributed by atoms with Crippen LogP contribution in [0.25, 0.3) is 0 Å². The molecule has 0 amide bonds. The highest BCUT2D eigenvalue weighted by Gasteiger charge is 2.18. The van der Waals surface area contributed by atoms with E-state index in [2.05, 4.69) is 5.32 Å². The molecule has 0 aromatic heterocycles. The molecule has 0 heterocycles. The lowest BCUT2D eigenvalue weighted by atomic mass is 10.1. The maximum atomic E-state index is 12.8. The zero-order valence-electron chi connectivity index (χ0n) is 17.4. The van der Waals surface area contributed by atoms with Gasteiger partial charge in [0.2, 0.25) is 9.84 Å². The fraction of sp³-hybridized carbons (Fsp3) is 0.208. The Bertz CT molecular complexity index is 1160. The number of sulfone groups is 1. The third-order valence-corrected chi connectivity index (χ3v) is 7.14. The largest absolute Gasteiger partial charge is 0.478 e. The van der Waals surface area contributed by atoms with Crippen LogP contribution >= 0.6 is 11.6 Å². The minimum absolute atomic E-state index is 0.0296. The van der Waals surface area contributed by atoms with Crippen LogP contribution in [0, 0.1) is 0 Å². The van der Waals surface area contributed by atoms with Gasteiger partial charge in [-0.3, -0.25) is 0 Å². The number of halogens is 1. The van der Waals surface area contributed by atoms with Crippen LogP contribution in [-0.4, -0.2) is 37.2 Å². The molecule has 3 aromatic carbocycles. The Balaban J connectivity index is 1.59. The maximum absolute atomic E-state index is 12.8. The second-order valence-electron chi connectivity index (χ2n) is 7.56. The maximum Gasteiger partial charge on any atom is 0.335 e. The number of hydrogen-bond donors (Lipinski definition) is 3. The predicted molar refractivity (Wildman–Crippen MR) is 123 cm³/mol. The summed E-state index contributed by atoms with van der Waals surface area (Å²) in [5.41, 5.74) is 1.76. The highest BCUT2D eigenvalue weighted by atomic mass is 35.5. The van der Waals surface area contributed by atoms with Gasteiger partial charge in [0.25, 0.3) is 0 Å². The number of rotatable bonds is 9. The van der Waals surface area contributed by atoms with Gasteiger partial charge >= 0.3 is 5.97 Å². The van der Waals surface area contributed by atoms with Crippen LogP contribution in [0.2, 0.25) is 5.02 Å². The molecule has 3 rings (SSSR count). The van der Waals surface area contributed by atoms with Gasteiger partial charge in [0.1, 0.15) is 0 Å². The van der Waals surface area contributed by atoms with E-state index in [-0.39, 0.29) is 21.4 Å². The van der Waals surface area contributed by atoms with Crippen LogP contribution in [0.3, 0.4) is 0 Å². The Morgan fingerprint density at radius 1 is 0.938 bits per heavy atom. The molecule has 0 bridgehead atoms. The van der Waals surface area contributed by atoms with Crippen molar-refractivity contribution in [3.63, 3.8) is 0 Å². The van der Waals surface area contributed by atoms with Crippen molar-refractivity contribution < 1.29 is 23.4 Å². The standard InChI is InChI=1S/C24H24ClNO5S/c1-16(26-15-23(27)18-4-8-20(25)9-5-18)14-17-2-10-21(11-3-17)32(30,31)22-12-6-19(7-13-22)24(28)29/h2-13,16,23,26-27H,14-15H2,1H3,(H,28,29)/t16-,23-/m1/s1. The van der Waals surface area contributed by atoms with Crippen molar-refractivity contribution in [2.24, 2.45) is 0 Å². The number of carboxylic acid groups (broad SMARTS) is 1. The minimum Gasteiger partial charge on any atom is -0.478 e. The average molecular weight is 474 g/mol. The fourth-order valence-corrected chi connectivity index (χ4v) is 4.65. The van der Waals surface area contributed by atoms with E-state index in [0.29, 0.717) is 18.0 Å². The van der Waals surface area contributed by atoms with Gasteiger partial charge in [0.15, 0.2) is 0 Å². The van der Waals surface area contributed by atoms with Crippen LogP contribution in [0.15, 0.2) is 82.6 Å². The number of carboxylic acids is 1. The van der Waals surface area contributed by atoms with Crippen molar-refractivity contribution in [1.82, 2.24) is 5.32 Å². The van der Waals surface area contributed by atoms with Gasteiger partial charge in [0.05, 0.1) is 21.5 Å². The Labute approximate surface area is 192 Å². The predicted octanol–water partition coefficient (Wildman–Crippen LogP) is 4.13. The Kier molecular flexibility index (Phi) is 7.69. The van der Waals surface area contributed by atoms with E-state index in [4.69, 9.17) is 16.7 Å². The van der Waals surface area contributed by atoms with E-state index < -0.39 is 21.9 Å². The minimum atomic E-state index is -3.73. The zero-order chi connectivity index (χ0) is 23.3. The van der Waals surface area contributed by atoms with Crippen LogP contribution in [0.5, 0.6) is 0 Å². The van der Waals surface area contributed by atoms with Crippen molar-refractivity contribution in [3.8, 4) is 0 Å². The molecule has 0 unspecified atom stereocenters. The molecular weight excluding hydrogens is 450 g/mol. The van der Waals surface area contributed by atoms with Crippen LogP contribution in [-0.2, 0) is 16.3 Å². The molecule has 168 valence electrons. The summed E-state index contributed by atoms with van der Waals surface area (Å²) in [6.07, 6.45) is -0.00389. The van der Waals surface area contributed by atoms with E-state index in [0.717, 1.165) is 11.1 Å². The molecule has 0 saturated carbocycles. The average Bonchev–Trinajstić information content (AvgIpc) is 2.78. The molecular formula is C24H24ClNO5S. The van der Waals surface area contributed by atoms with Crippen molar-refractivity contribution in [3.05, 3.63) is 94.5 Å². The summed E-state index contributed by atoms with van der Waals surface area (Å²) in [5.74, 6) is -1.11. The van der Waals surface area contributed by atoms with E-state index in [1.807, 2.05) is 6.92 Å². The van der Waals surface area contributed by atoms with E-state index >= 15 is 0 Å². The number of nitrogens with one attached hydrogen (secondary N) is 1. The second kappa shape index (κ2) is 10.3. The number of aliphatic hydroxyl groups excluding tert-OH is 1. The fourth-order valence-electron chi connectivity index (χ4n) is 3.26. The summed E-state index contributed by atoms with van der Waals surface area (Å²) in [7, 11) is -3.73. The molecule has 0 spiro atoms. The summed E-state index contributed by atoms with van der Waals surface area (Å²) < 4.78 is 25.6. The lowest BCUT2D eigenvalue weighted by Crippen LogP contribution is -2.32. The van der Waals surface area contributed by atoms with Gasteiger partial charge in [-0.2, -0.15) is 0 Å². The lowest BCUT2D eigenvalue weighted by Gasteiger charge is -2.18. The molecule has 0 aliphatic rings. The normalized spacial score (nSPS) is 13.5. The first-order chi connectivity index (χ1) is 15.2. The molecule has 0 aliphatic carbocycles. The van der Waals surface area contributed by atoms with Gasteiger partial charge in [-0.05, 0) is 73.0 Å². The quantitative estimate of drug-likeness (QED) is 0.432. The van der Waals surface area contributed by atoms with Gasteiger partial charge in [-0.15, -0.1) is 0 Å². The Hall–Kier alpha value is -2.71. The Morgan fingerprint density at radius 3 is 2.00 bits per heavy atom. The second-order valence-corrected chi connectivity index (χ2v) is 9.94. The van der Waals surface area contributed by atoms with Crippen LogP contribution in [0.1, 0.15) is 34.5 Å². The van der Waals surface area contributed by atoms with Crippen molar-refractivity contribution in [2.45, 2.75) is 35.3 Å². The van der Waals surface area contributed by atoms with Crippen LogP contribution in [0.4, 0.5) is 0 Å². The topological polar surface area (TPSA) is 104 Å². The number of hydrogen-bond acceptors (Lipinski definition) is 5. The van der Waals surface area contributed by atoms with Gasteiger partial charge in [0, 0.05) is 17.6 Å². The summed E-state index contributed by atoms with van der Waals surface area (Å²) in [5, 5.41) is 23.2. The summed E-state index contributed by atoms with van der Waals surface area (Å²) in [6, 6.07) is 18.8. The number of aliphatic hydroxyl groups is 1.